The molecule has 0 amide bonds. The Bertz CT molecular complexity index is 176. The maximum atomic E-state index is 3.90. The van der Waals surface area contributed by atoms with Gasteiger partial charge in [-0.05, 0) is 38.8 Å². The summed E-state index contributed by atoms with van der Waals surface area (Å²) in [6.45, 7) is 9.49. The zero-order valence-electron chi connectivity index (χ0n) is 11.6. The molecule has 1 rings (SSSR count). The summed E-state index contributed by atoms with van der Waals surface area (Å²) in [5.74, 6) is 0.801. The van der Waals surface area contributed by atoms with Crippen LogP contribution in [0.25, 0.3) is 0 Å². The molecule has 1 aliphatic heterocycles. The van der Waals surface area contributed by atoms with Crippen LogP contribution in [0.1, 0.15) is 52.9 Å². The maximum absolute atomic E-state index is 3.90. The molecular formula is C14H30N2. The standard InChI is InChI=1S/C14H30N2/c1-5-7-13(8-6-2)15-14-9-10-16(4)11-12(14)3/h12-15H,5-11H2,1-4H3. The smallest absolute Gasteiger partial charge is 0.0120 e. The van der Waals surface area contributed by atoms with Crippen LogP contribution in [-0.2, 0) is 0 Å². The first-order chi connectivity index (χ1) is 7.67. The second kappa shape index (κ2) is 7.29. The fourth-order valence-electron chi connectivity index (χ4n) is 2.91. The van der Waals surface area contributed by atoms with Gasteiger partial charge in [-0.3, -0.25) is 0 Å². The van der Waals surface area contributed by atoms with Gasteiger partial charge < -0.3 is 10.2 Å². The Balaban J connectivity index is 2.37. The highest BCUT2D eigenvalue weighted by Crippen LogP contribution is 2.17. The fraction of sp³-hybridized carbons (Fsp3) is 1.00. The van der Waals surface area contributed by atoms with Crippen molar-refractivity contribution in [2.75, 3.05) is 20.1 Å². The van der Waals surface area contributed by atoms with E-state index >= 15 is 0 Å². The highest BCUT2D eigenvalue weighted by molar-refractivity contribution is 4.84. The molecule has 0 bridgehead atoms. The Kier molecular flexibility index (Phi) is 6.37. The van der Waals surface area contributed by atoms with E-state index in [1.54, 1.807) is 0 Å². The molecule has 2 heteroatoms. The van der Waals surface area contributed by atoms with Crippen LogP contribution >= 0.6 is 0 Å². The molecule has 2 unspecified atom stereocenters. The lowest BCUT2D eigenvalue weighted by Gasteiger charge is -2.37. The largest absolute Gasteiger partial charge is 0.311 e. The first-order valence-electron chi connectivity index (χ1n) is 7.11. The molecule has 0 saturated carbocycles. The number of nitrogens with zero attached hydrogens (tertiary/aromatic N) is 1. The maximum Gasteiger partial charge on any atom is 0.0120 e. The van der Waals surface area contributed by atoms with E-state index in [0.29, 0.717) is 0 Å². The van der Waals surface area contributed by atoms with Crippen LogP contribution in [0.15, 0.2) is 0 Å². The zero-order valence-corrected chi connectivity index (χ0v) is 11.6. The second-order valence-corrected chi connectivity index (χ2v) is 5.58. The molecule has 0 aromatic rings. The lowest BCUT2D eigenvalue weighted by Crippen LogP contribution is -2.50. The van der Waals surface area contributed by atoms with Crippen molar-refractivity contribution < 1.29 is 0 Å². The number of hydrogen-bond acceptors (Lipinski definition) is 2. The van der Waals surface area contributed by atoms with Crippen LogP contribution in [-0.4, -0.2) is 37.1 Å². The quantitative estimate of drug-likeness (QED) is 0.749. The molecule has 1 saturated heterocycles. The first-order valence-corrected chi connectivity index (χ1v) is 7.11. The van der Waals surface area contributed by atoms with Crippen LogP contribution in [0.3, 0.4) is 0 Å². The number of likely N-dealkylation sites (tertiary alicyclic amines) is 1. The summed E-state index contributed by atoms with van der Waals surface area (Å²) in [4.78, 5) is 2.46. The van der Waals surface area contributed by atoms with Gasteiger partial charge >= 0.3 is 0 Å². The zero-order chi connectivity index (χ0) is 12.0. The van der Waals surface area contributed by atoms with Gasteiger partial charge in [-0.2, -0.15) is 0 Å². The van der Waals surface area contributed by atoms with Gasteiger partial charge in [0.05, 0.1) is 0 Å². The van der Waals surface area contributed by atoms with Gasteiger partial charge in [0, 0.05) is 18.6 Å². The SMILES string of the molecule is CCCC(CCC)NC1CCN(C)CC1C. The lowest BCUT2D eigenvalue weighted by atomic mass is 9.92. The highest BCUT2D eigenvalue weighted by atomic mass is 15.1. The molecule has 16 heavy (non-hydrogen) atoms. The Labute approximate surface area is 102 Å². The van der Waals surface area contributed by atoms with Crippen molar-refractivity contribution in [2.24, 2.45) is 5.92 Å². The van der Waals surface area contributed by atoms with Crippen LogP contribution in [0.5, 0.6) is 0 Å². The molecule has 1 fully saturated rings. The molecule has 0 radical (unpaired) electrons. The molecule has 1 aliphatic rings. The van der Waals surface area contributed by atoms with E-state index in [1.807, 2.05) is 0 Å². The van der Waals surface area contributed by atoms with Gasteiger partial charge in [0.2, 0.25) is 0 Å². The Morgan fingerprint density at radius 2 is 1.88 bits per heavy atom. The molecule has 1 heterocycles. The monoisotopic (exact) mass is 226 g/mol. The van der Waals surface area contributed by atoms with Crippen molar-refractivity contribution in [3.05, 3.63) is 0 Å². The molecule has 0 aliphatic carbocycles. The minimum Gasteiger partial charge on any atom is -0.311 e. The number of hydrogen-bond donors (Lipinski definition) is 1. The molecule has 96 valence electrons. The summed E-state index contributed by atoms with van der Waals surface area (Å²) in [7, 11) is 2.24. The van der Waals surface area contributed by atoms with E-state index < -0.39 is 0 Å². The Morgan fingerprint density at radius 1 is 1.25 bits per heavy atom. The van der Waals surface area contributed by atoms with Crippen molar-refractivity contribution in [1.29, 1.82) is 0 Å². The predicted molar refractivity (Wildman–Crippen MR) is 71.8 cm³/mol. The lowest BCUT2D eigenvalue weighted by molar-refractivity contribution is 0.162. The van der Waals surface area contributed by atoms with Crippen molar-refractivity contribution in [3.63, 3.8) is 0 Å². The van der Waals surface area contributed by atoms with Crippen LogP contribution in [0, 0.1) is 5.92 Å². The third kappa shape index (κ3) is 4.42. The third-order valence-corrected chi connectivity index (χ3v) is 3.83. The number of nitrogens with one attached hydrogen (secondary N) is 1. The molecule has 0 aromatic carbocycles. The molecule has 1 N–H and O–H groups in total. The molecule has 0 aromatic heterocycles. The van der Waals surface area contributed by atoms with E-state index in [2.05, 4.69) is 38.0 Å². The number of piperidine rings is 1. The van der Waals surface area contributed by atoms with Gasteiger partial charge in [-0.25, -0.2) is 0 Å². The minimum atomic E-state index is 0.749. The van der Waals surface area contributed by atoms with Crippen LogP contribution in [0.2, 0.25) is 0 Å². The first kappa shape index (κ1) is 14.0. The van der Waals surface area contributed by atoms with E-state index in [4.69, 9.17) is 0 Å². The average Bonchev–Trinajstić information content (AvgIpc) is 2.23. The third-order valence-electron chi connectivity index (χ3n) is 3.83. The van der Waals surface area contributed by atoms with Gasteiger partial charge in [0.1, 0.15) is 0 Å². The normalized spacial score (nSPS) is 27.6. The summed E-state index contributed by atoms with van der Waals surface area (Å²) < 4.78 is 0. The molecule has 0 spiro atoms. The van der Waals surface area contributed by atoms with Crippen molar-refractivity contribution >= 4 is 0 Å². The van der Waals surface area contributed by atoms with E-state index in [-0.39, 0.29) is 0 Å². The van der Waals surface area contributed by atoms with Crippen molar-refractivity contribution in [3.8, 4) is 0 Å². The van der Waals surface area contributed by atoms with Gasteiger partial charge in [-0.1, -0.05) is 33.6 Å². The average molecular weight is 226 g/mol. The van der Waals surface area contributed by atoms with Gasteiger partial charge in [-0.15, -0.1) is 0 Å². The summed E-state index contributed by atoms with van der Waals surface area (Å²) in [5.41, 5.74) is 0. The predicted octanol–water partition coefficient (Wildman–Crippen LogP) is 2.89. The Hall–Kier alpha value is -0.0800. The highest BCUT2D eigenvalue weighted by Gasteiger charge is 2.25. The van der Waals surface area contributed by atoms with Gasteiger partial charge in [0.25, 0.3) is 0 Å². The van der Waals surface area contributed by atoms with Crippen LogP contribution < -0.4 is 5.32 Å². The van der Waals surface area contributed by atoms with Crippen molar-refractivity contribution in [1.82, 2.24) is 10.2 Å². The number of rotatable bonds is 6. The molecule has 2 nitrogen and oxygen atoms in total. The summed E-state index contributed by atoms with van der Waals surface area (Å²) in [6, 6.07) is 1.50. The summed E-state index contributed by atoms with van der Waals surface area (Å²) in [5, 5.41) is 3.90. The van der Waals surface area contributed by atoms with E-state index in [1.165, 1.54) is 45.2 Å². The summed E-state index contributed by atoms with van der Waals surface area (Å²) in [6.07, 6.45) is 6.61. The Morgan fingerprint density at radius 3 is 2.38 bits per heavy atom. The van der Waals surface area contributed by atoms with E-state index in [9.17, 15) is 0 Å². The second-order valence-electron chi connectivity index (χ2n) is 5.58. The molecule has 2 atom stereocenters. The van der Waals surface area contributed by atoms with E-state index in [0.717, 1.165) is 18.0 Å². The van der Waals surface area contributed by atoms with Crippen molar-refractivity contribution in [2.45, 2.75) is 65.0 Å². The molecular weight excluding hydrogens is 196 g/mol. The fourth-order valence-corrected chi connectivity index (χ4v) is 2.91. The van der Waals surface area contributed by atoms with Gasteiger partial charge in [0.15, 0.2) is 0 Å². The minimum absolute atomic E-state index is 0.749. The van der Waals surface area contributed by atoms with Crippen LogP contribution in [0.4, 0.5) is 0 Å². The topological polar surface area (TPSA) is 15.3 Å². The summed E-state index contributed by atoms with van der Waals surface area (Å²) >= 11 is 0.